The van der Waals surface area contributed by atoms with Crippen LogP contribution in [0.15, 0.2) is 60.1 Å². The summed E-state index contributed by atoms with van der Waals surface area (Å²) < 4.78 is 6.78. The number of benzene rings is 2. The van der Waals surface area contributed by atoms with Gasteiger partial charge in [0.2, 0.25) is 0 Å². The lowest BCUT2D eigenvalue weighted by Gasteiger charge is -2.04. The molecule has 29 heavy (non-hydrogen) atoms. The molecule has 1 amide bonds. The molecule has 0 atom stereocenters. The second kappa shape index (κ2) is 8.42. The van der Waals surface area contributed by atoms with Crippen LogP contribution in [0.4, 0.5) is 5.13 Å². The molecule has 9 heteroatoms. The standard InChI is InChI=1S/C20H16ClN5O2S/c1-28-18-8-7-14(9-15(18)21)17-12-29-20(22-17)23-19(27)16-11-26(25-24-16)10-13-5-3-2-4-6-13/h2-9,11-12H,10H2,1H3,(H,22,23,27). The van der Waals surface area contributed by atoms with Crippen LogP contribution in [-0.4, -0.2) is 33.0 Å². The zero-order chi connectivity index (χ0) is 20.2. The van der Waals surface area contributed by atoms with Gasteiger partial charge in [0.1, 0.15) is 5.75 Å². The van der Waals surface area contributed by atoms with Gasteiger partial charge in [-0.15, -0.1) is 16.4 Å². The summed E-state index contributed by atoms with van der Waals surface area (Å²) in [5.74, 6) is 0.232. The summed E-state index contributed by atoms with van der Waals surface area (Å²) in [5, 5.41) is 13.5. The zero-order valence-electron chi connectivity index (χ0n) is 15.4. The van der Waals surface area contributed by atoms with Gasteiger partial charge >= 0.3 is 0 Å². The number of carbonyl (C=O) groups excluding carboxylic acids is 1. The number of anilines is 1. The van der Waals surface area contributed by atoms with E-state index in [0.717, 1.165) is 11.1 Å². The lowest BCUT2D eigenvalue weighted by molar-refractivity contribution is 0.102. The van der Waals surface area contributed by atoms with Crippen LogP contribution in [0.5, 0.6) is 5.75 Å². The molecule has 1 N–H and O–H groups in total. The first kappa shape index (κ1) is 19.1. The molecule has 0 aliphatic carbocycles. The highest BCUT2D eigenvalue weighted by Gasteiger charge is 2.14. The Morgan fingerprint density at radius 1 is 1.24 bits per heavy atom. The molecule has 0 fully saturated rings. The van der Waals surface area contributed by atoms with Gasteiger partial charge in [0.25, 0.3) is 5.91 Å². The van der Waals surface area contributed by atoms with Crippen LogP contribution < -0.4 is 10.1 Å². The van der Waals surface area contributed by atoms with Gasteiger partial charge in [-0.3, -0.25) is 10.1 Å². The molecule has 146 valence electrons. The molecule has 0 unspecified atom stereocenters. The Kier molecular flexibility index (Phi) is 5.55. The number of carbonyl (C=O) groups is 1. The number of hydrogen-bond donors (Lipinski definition) is 1. The van der Waals surface area contributed by atoms with Crippen LogP contribution in [0, 0.1) is 0 Å². The topological polar surface area (TPSA) is 81.9 Å². The molecular formula is C20H16ClN5O2S. The summed E-state index contributed by atoms with van der Waals surface area (Å²) in [6.07, 6.45) is 1.61. The number of thiazole rings is 1. The van der Waals surface area contributed by atoms with Gasteiger partial charge in [-0.1, -0.05) is 47.1 Å². The van der Waals surface area contributed by atoms with Crippen LogP contribution in [0.25, 0.3) is 11.3 Å². The molecule has 2 heterocycles. The molecule has 0 aliphatic heterocycles. The maximum Gasteiger partial charge on any atom is 0.279 e. The molecule has 0 bridgehead atoms. The van der Waals surface area contributed by atoms with Crippen molar-refractivity contribution in [2.24, 2.45) is 0 Å². The molecule has 2 aromatic carbocycles. The lowest BCUT2D eigenvalue weighted by atomic mass is 10.2. The number of nitrogens with zero attached hydrogens (tertiary/aromatic N) is 4. The van der Waals surface area contributed by atoms with Crippen molar-refractivity contribution in [2.75, 3.05) is 12.4 Å². The normalized spacial score (nSPS) is 10.7. The molecule has 0 saturated heterocycles. The minimum absolute atomic E-state index is 0.227. The van der Waals surface area contributed by atoms with Gasteiger partial charge in [-0.2, -0.15) is 0 Å². The number of ether oxygens (including phenoxy) is 1. The fourth-order valence-corrected chi connectivity index (χ4v) is 3.67. The Hall–Kier alpha value is -3.23. The van der Waals surface area contributed by atoms with E-state index in [4.69, 9.17) is 16.3 Å². The van der Waals surface area contributed by atoms with Crippen molar-refractivity contribution in [3.8, 4) is 17.0 Å². The Labute approximate surface area is 175 Å². The highest BCUT2D eigenvalue weighted by atomic mass is 35.5. The van der Waals surface area contributed by atoms with E-state index >= 15 is 0 Å². The first-order valence-corrected chi connectivity index (χ1v) is 9.93. The van der Waals surface area contributed by atoms with Gasteiger partial charge in [-0.25, -0.2) is 9.67 Å². The van der Waals surface area contributed by atoms with Crippen LogP contribution in [0.3, 0.4) is 0 Å². The average molecular weight is 426 g/mol. The van der Waals surface area contributed by atoms with E-state index in [-0.39, 0.29) is 11.6 Å². The maximum absolute atomic E-state index is 12.5. The van der Waals surface area contributed by atoms with Crippen LogP contribution >= 0.6 is 22.9 Å². The molecule has 0 radical (unpaired) electrons. The number of rotatable bonds is 6. The van der Waals surface area contributed by atoms with Crippen molar-refractivity contribution in [2.45, 2.75) is 6.54 Å². The molecule has 4 aromatic rings. The zero-order valence-corrected chi connectivity index (χ0v) is 16.9. The second-order valence-corrected chi connectivity index (χ2v) is 7.39. The highest BCUT2D eigenvalue weighted by molar-refractivity contribution is 7.14. The number of methoxy groups -OCH3 is 1. The molecule has 0 aliphatic rings. The van der Waals surface area contributed by atoms with Crippen molar-refractivity contribution < 1.29 is 9.53 Å². The van der Waals surface area contributed by atoms with Crippen molar-refractivity contribution in [3.05, 3.63) is 76.4 Å². The minimum Gasteiger partial charge on any atom is -0.495 e. The average Bonchev–Trinajstić information content (AvgIpc) is 3.38. The summed E-state index contributed by atoms with van der Waals surface area (Å²) in [7, 11) is 1.56. The number of aromatic nitrogens is 4. The van der Waals surface area contributed by atoms with E-state index in [2.05, 4.69) is 20.6 Å². The molecule has 0 spiro atoms. The van der Waals surface area contributed by atoms with Gasteiger partial charge < -0.3 is 4.74 Å². The van der Waals surface area contributed by atoms with Crippen molar-refractivity contribution in [3.63, 3.8) is 0 Å². The van der Waals surface area contributed by atoms with Crippen LogP contribution in [0.2, 0.25) is 5.02 Å². The number of halogens is 1. The molecule has 2 aromatic heterocycles. The predicted octanol–water partition coefficient (Wildman–Crippen LogP) is 4.36. The Balaban J connectivity index is 1.44. The van der Waals surface area contributed by atoms with E-state index in [9.17, 15) is 4.79 Å². The third-order valence-electron chi connectivity index (χ3n) is 4.13. The van der Waals surface area contributed by atoms with Gasteiger partial charge in [0.15, 0.2) is 10.8 Å². The largest absolute Gasteiger partial charge is 0.495 e. The smallest absolute Gasteiger partial charge is 0.279 e. The monoisotopic (exact) mass is 425 g/mol. The van der Waals surface area contributed by atoms with Gasteiger partial charge in [0, 0.05) is 10.9 Å². The summed E-state index contributed by atoms with van der Waals surface area (Å²) in [6.45, 7) is 0.542. The van der Waals surface area contributed by atoms with Crippen molar-refractivity contribution in [1.29, 1.82) is 0 Å². The highest BCUT2D eigenvalue weighted by Crippen LogP contribution is 2.31. The quantitative estimate of drug-likeness (QED) is 0.496. The van der Waals surface area contributed by atoms with Crippen molar-refractivity contribution >= 4 is 34.0 Å². The summed E-state index contributed by atoms with van der Waals surface area (Å²) in [6, 6.07) is 15.3. The molecular weight excluding hydrogens is 410 g/mol. The maximum atomic E-state index is 12.5. The number of amides is 1. The third-order valence-corrected chi connectivity index (χ3v) is 5.18. The van der Waals surface area contributed by atoms with E-state index in [0.29, 0.717) is 28.1 Å². The summed E-state index contributed by atoms with van der Waals surface area (Å²) in [5.41, 5.74) is 2.85. The first-order valence-electron chi connectivity index (χ1n) is 8.67. The summed E-state index contributed by atoms with van der Waals surface area (Å²) in [4.78, 5) is 16.9. The fraction of sp³-hybridized carbons (Fsp3) is 0.100. The molecule has 0 saturated carbocycles. The molecule has 7 nitrogen and oxygen atoms in total. The fourth-order valence-electron chi connectivity index (χ4n) is 2.70. The van der Waals surface area contributed by atoms with Gasteiger partial charge in [-0.05, 0) is 23.8 Å². The van der Waals surface area contributed by atoms with Crippen LogP contribution in [-0.2, 0) is 6.54 Å². The SMILES string of the molecule is COc1ccc(-c2csc(NC(=O)c3cn(Cc4ccccc4)nn3)n2)cc1Cl. The second-order valence-electron chi connectivity index (χ2n) is 6.13. The van der Waals surface area contributed by atoms with Crippen molar-refractivity contribution in [1.82, 2.24) is 20.0 Å². The van der Waals surface area contributed by atoms with Crippen LogP contribution in [0.1, 0.15) is 16.1 Å². The van der Waals surface area contributed by atoms with E-state index in [1.54, 1.807) is 30.1 Å². The Morgan fingerprint density at radius 3 is 2.83 bits per heavy atom. The Morgan fingerprint density at radius 2 is 2.07 bits per heavy atom. The Bertz CT molecular complexity index is 1140. The number of hydrogen-bond acceptors (Lipinski definition) is 6. The third kappa shape index (κ3) is 4.44. The minimum atomic E-state index is -0.363. The lowest BCUT2D eigenvalue weighted by Crippen LogP contribution is -2.12. The summed E-state index contributed by atoms with van der Waals surface area (Å²) >= 11 is 7.49. The molecule has 4 rings (SSSR count). The van der Waals surface area contributed by atoms with E-state index in [1.807, 2.05) is 41.8 Å². The van der Waals surface area contributed by atoms with E-state index < -0.39 is 0 Å². The van der Waals surface area contributed by atoms with E-state index in [1.165, 1.54) is 11.3 Å². The first-order chi connectivity index (χ1) is 14.1. The van der Waals surface area contributed by atoms with Gasteiger partial charge in [0.05, 0.1) is 30.6 Å². The number of nitrogens with one attached hydrogen (secondary N) is 1. The predicted molar refractivity (Wildman–Crippen MR) is 113 cm³/mol.